The second-order valence-electron chi connectivity index (χ2n) is 5.53. The monoisotopic (exact) mass is 240 g/mol. The minimum atomic E-state index is 0.197. The van der Waals surface area contributed by atoms with Gasteiger partial charge in [-0.25, -0.2) is 0 Å². The van der Waals surface area contributed by atoms with Gasteiger partial charge in [0.05, 0.1) is 6.54 Å². The van der Waals surface area contributed by atoms with Gasteiger partial charge in [0.1, 0.15) is 0 Å². The zero-order valence-electron chi connectivity index (χ0n) is 11.7. The first-order chi connectivity index (χ1) is 8.13. The fourth-order valence-electron chi connectivity index (χ4n) is 2.54. The van der Waals surface area contributed by atoms with Crippen LogP contribution in [0.25, 0.3) is 0 Å². The molecule has 17 heavy (non-hydrogen) atoms. The Labute approximate surface area is 106 Å². The van der Waals surface area contributed by atoms with Crippen LogP contribution < -0.4 is 5.32 Å². The fraction of sp³-hybridized carbons (Fsp3) is 0.929. The molecule has 0 radical (unpaired) electrons. The Hall–Kier alpha value is -0.570. The summed E-state index contributed by atoms with van der Waals surface area (Å²) in [7, 11) is 2.03. The average molecular weight is 240 g/mol. The van der Waals surface area contributed by atoms with Gasteiger partial charge in [-0.05, 0) is 38.8 Å². The molecule has 0 aromatic heterocycles. The van der Waals surface area contributed by atoms with E-state index in [0.717, 1.165) is 13.0 Å². The third-order valence-corrected chi connectivity index (χ3v) is 3.76. The fourth-order valence-corrected chi connectivity index (χ4v) is 2.54. The van der Waals surface area contributed by atoms with Crippen molar-refractivity contribution in [2.75, 3.05) is 20.1 Å². The molecule has 2 unspecified atom stereocenters. The van der Waals surface area contributed by atoms with Gasteiger partial charge in [0.15, 0.2) is 0 Å². The van der Waals surface area contributed by atoms with Gasteiger partial charge in [0.2, 0.25) is 5.91 Å². The van der Waals surface area contributed by atoms with Crippen LogP contribution in [-0.2, 0) is 4.79 Å². The number of amides is 1. The van der Waals surface area contributed by atoms with E-state index in [1.54, 1.807) is 0 Å². The molecular formula is C14H28N2O. The van der Waals surface area contributed by atoms with Crippen molar-refractivity contribution < 1.29 is 4.79 Å². The molecule has 1 aliphatic carbocycles. The van der Waals surface area contributed by atoms with E-state index in [-0.39, 0.29) is 5.91 Å². The summed E-state index contributed by atoms with van der Waals surface area (Å²) in [6.45, 7) is 6.00. The zero-order chi connectivity index (χ0) is 12.7. The highest BCUT2D eigenvalue weighted by Gasteiger charge is 2.22. The van der Waals surface area contributed by atoms with Crippen LogP contribution in [-0.4, -0.2) is 37.0 Å². The van der Waals surface area contributed by atoms with Gasteiger partial charge in [-0.2, -0.15) is 0 Å². The highest BCUT2D eigenvalue weighted by molar-refractivity contribution is 5.78. The molecule has 0 aromatic carbocycles. The van der Waals surface area contributed by atoms with Crippen molar-refractivity contribution in [3.63, 3.8) is 0 Å². The molecule has 3 heteroatoms. The van der Waals surface area contributed by atoms with Crippen molar-refractivity contribution in [3.8, 4) is 0 Å². The lowest BCUT2D eigenvalue weighted by Crippen LogP contribution is -2.45. The van der Waals surface area contributed by atoms with E-state index in [9.17, 15) is 4.79 Å². The maximum atomic E-state index is 11.9. The summed E-state index contributed by atoms with van der Waals surface area (Å²) >= 11 is 0. The highest BCUT2D eigenvalue weighted by atomic mass is 16.2. The van der Waals surface area contributed by atoms with Gasteiger partial charge in [0, 0.05) is 6.04 Å². The molecule has 1 rings (SSSR count). The van der Waals surface area contributed by atoms with Gasteiger partial charge >= 0.3 is 0 Å². The molecule has 1 aliphatic rings. The number of carbonyl (C=O) groups excluding carboxylic acids is 1. The van der Waals surface area contributed by atoms with Crippen molar-refractivity contribution in [2.45, 2.75) is 58.4 Å². The summed E-state index contributed by atoms with van der Waals surface area (Å²) in [5.74, 6) is 0.844. The van der Waals surface area contributed by atoms with Crippen molar-refractivity contribution in [1.29, 1.82) is 0 Å². The van der Waals surface area contributed by atoms with Crippen molar-refractivity contribution in [3.05, 3.63) is 0 Å². The van der Waals surface area contributed by atoms with E-state index in [2.05, 4.69) is 24.1 Å². The Balaban J connectivity index is 2.23. The molecule has 0 heterocycles. The molecule has 3 nitrogen and oxygen atoms in total. The van der Waals surface area contributed by atoms with Crippen LogP contribution >= 0.6 is 0 Å². The summed E-state index contributed by atoms with van der Waals surface area (Å²) < 4.78 is 0. The van der Waals surface area contributed by atoms with Crippen molar-refractivity contribution in [2.24, 2.45) is 5.92 Å². The summed E-state index contributed by atoms with van der Waals surface area (Å²) in [4.78, 5) is 14.0. The molecule has 0 bridgehead atoms. The normalized spacial score (nSPS) is 24.9. The van der Waals surface area contributed by atoms with Gasteiger partial charge < -0.3 is 5.32 Å². The van der Waals surface area contributed by atoms with Gasteiger partial charge in [-0.1, -0.05) is 33.1 Å². The molecule has 0 aliphatic heterocycles. The summed E-state index contributed by atoms with van der Waals surface area (Å²) in [5.41, 5.74) is 0. The van der Waals surface area contributed by atoms with E-state index >= 15 is 0 Å². The first-order valence-electron chi connectivity index (χ1n) is 7.11. The van der Waals surface area contributed by atoms with Crippen LogP contribution in [0.4, 0.5) is 0 Å². The van der Waals surface area contributed by atoms with Crippen molar-refractivity contribution in [1.82, 2.24) is 10.2 Å². The second-order valence-corrected chi connectivity index (χ2v) is 5.53. The van der Waals surface area contributed by atoms with Crippen LogP contribution in [0.15, 0.2) is 0 Å². The van der Waals surface area contributed by atoms with E-state index in [1.165, 1.54) is 32.1 Å². The highest BCUT2D eigenvalue weighted by Crippen LogP contribution is 2.23. The predicted octanol–water partition coefficient (Wildman–Crippen LogP) is 2.41. The third kappa shape index (κ3) is 5.53. The largest absolute Gasteiger partial charge is 0.352 e. The van der Waals surface area contributed by atoms with E-state index in [0.29, 0.717) is 18.5 Å². The molecule has 1 fully saturated rings. The van der Waals surface area contributed by atoms with E-state index < -0.39 is 0 Å². The minimum Gasteiger partial charge on any atom is -0.352 e. The molecule has 100 valence electrons. The Morgan fingerprint density at radius 1 is 1.35 bits per heavy atom. The molecule has 1 saturated carbocycles. The standard InChI is InChI=1S/C14H28N2O/c1-4-5-10-16(3)11-14(17)15-13-9-7-6-8-12(13)2/h12-13H,4-11H2,1-3H3,(H,15,17). The maximum Gasteiger partial charge on any atom is 0.234 e. The topological polar surface area (TPSA) is 32.3 Å². The Bertz CT molecular complexity index is 230. The SMILES string of the molecule is CCCCN(C)CC(=O)NC1CCCCC1C. The smallest absolute Gasteiger partial charge is 0.234 e. The maximum absolute atomic E-state index is 11.9. The second kappa shape index (κ2) is 7.70. The van der Waals surface area contributed by atoms with Crippen LogP contribution in [0.1, 0.15) is 52.4 Å². The molecule has 0 spiro atoms. The van der Waals surface area contributed by atoms with Gasteiger partial charge in [-0.3, -0.25) is 9.69 Å². The molecule has 0 aromatic rings. The Morgan fingerprint density at radius 3 is 2.71 bits per heavy atom. The van der Waals surface area contributed by atoms with Crippen LogP contribution in [0, 0.1) is 5.92 Å². The predicted molar refractivity (Wildman–Crippen MR) is 72.0 cm³/mol. The van der Waals surface area contributed by atoms with Gasteiger partial charge in [-0.15, -0.1) is 0 Å². The van der Waals surface area contributed by atoms with Crippen molar-refractivity contribution >= 4 is 5.91 Å². The van der Waals surface area contributed by atoms with Crippen LogP contribution in [0.5, 0.6) is 0 Å². The zero-order valence-corrected chi connectivity index (χ0v) is 11.7. The lowest BCUT2D eigenvalue weighted by Gasteiger charge is -2.30. The summed E-state index contributed by atoms with van der Waals surface area (Å²) in [6.07, 6.45) is 7.36. The lowest BCUT2D eigenvalue weighted by atomic mass is 9.86. The number of nitrogens with zero attached hydrogens (tertiary/aromatic N) is 1. The first kappa shape index (κ1) is 14.5. The number of carbonyl (C=O) groups is 1. The quantitative estimate of drug-likeness (QED) is 0.773. The molecule has 2 atom stereocenters. The number of unbranched alkanes of at least 4 members (excludes halogenated alkanes) is 1. The number of hydrogen-bond acceptors (Lipinski definition) is 2. The summed E-state index contributed by atoms with van der Waals surface area (Å²) in [6, 6.07) is 0.413. The number of hydrogen-bond donors (Lipinski definition) is 1. The Kier molecular flexibility index (Phi) is 6.56. The first-order valence-corrected chi connectivity index (χ1v) is 7.11. The average Bonchev–Trinajstić information content (AvgIpc) is 2.29. The van der Waals surface area contributed by atoms with Crippen LogP contribution in [0.2, 0.25) is 0 Å². The van der Waals surface area contributed by atoms with E-state index in [4.69, 9.17) is 0 Å². The number of rotatable bonds is 6. The summed E-state index contributed by atoms with van der Waals surface area (Å²) in [5, 5.41) is 3.20. The molecule has 0 saturated heterocycles. The minimum absolute atomic E-state index is 0.197. The Morgan fingerprint density at radius 2 is 2.06 bits per heavy atom. The van der Waals surface area contributed by atoms with E-state index in [1.807, 2.05) is 7.05 Å². The molecule has 1 amide bonds. The number of likely N-dealkylation sites (N-methyl/N-ethyl adjacent to an activating group) is 1. The molecule has 1 N–H and O–H groups in total. The number of nitrogens with one attached hydrogen (secondary N) is 1. The van der Waals surface area contributed by atoms with Gasteiger partial charge in [0.25, 0.3) is 0 Å². The molecular weight excluding hydrogens is 212 g/mol. The lowest BCUT2D eigenvalue weighted by molar-refractivity contribution is -0.123. The van der Waals surface area contributed by atoms with Crippen LogP contribution in [0.3, 0.4) is 0 Å². The third-order valence-electron chi connectivity index (χ3n) is 3.76.